The quantitative estimate of drug-likeness (QED) is 0.624. The molecule has 0 saturated heterocycles. The number of nitrogens with zero attached hydrogens (tertiary/aromatic N) is 4. The fourth-order valence-electron chi connectivity index (χ4n) is 3.09. The van der Waals surface area contributed by atoms with Crippen LogP contribution in [-0.2, 0) is 30.2 Å². The Morgan fingerprint density at radius 2 is 1.75 bits per heavy atom. The number of carbonyl (C=O) groups is 1. The zero-order chi connectivity index (χ0) is 19.5. The Hall–Kier alpha value is -3.19. The molecule has 1 aliphatic rings. The molecule has 0 bridgehead atoms. The summed E-state index contributed by atoms with van der Waals surface area (Å²) in [6, 6.07) is 11.7. The number of fused-ring (bicyclic) bond motifs is 1. The van der Waals surface area contributed by atoms with Gasteiger partial charge in [-0.3, -0.25) is 14.7 Å². The van der Waals surface area contributed by atoms with Gasteiger partial charge in [0, 0.05) is 30.4 Å². The van der Waals surface area contributed by atoms with E-state index < -0.39 is 0 Å². The number of alkyl halides is 1. The van der Waals surface area contributed by atoms with Crippen LogP contribution in [0.4, 0.5) is 17.6 Å². The Balaban J connectivity index is 1.56. The zero-order valence-corrected chi connectivity index (χ0v) is 15.9. The molecule has 0 aliphatic carbocycles. The summed E-state index contributed by atoms with van der Waals surface area (Å²) in [5.74, 6) is 1.71. The molecule has 1 amide bonds. The van der Waals surface area contributed by atoms with Gasteiger partial charge < -0.3 is 11.1 Å². The minimum absolute atomic E-state index is 0.0382. The van der Waals surface area contributed by atoms with Gasteiger partial charge in [-0.05, 0) is 28.8 Å². The maximum Gasteiger partial charge on any atom is 0.233 e. The lowest BCUT2D eigenvalue weighted by Gasteiger charge is -2.18. The number of rotatable bonds is 6. The van der Waals surface area contributed by atoms with E-state index in [9.17, 15) is 4.79 Å². The molecule has 0 radical (unpaired) electrons. The van der Waals surface area contributed by atoms with Crippen LogP contribution in [-0.4, -0.2) is 20.9 Å². The van der Waals surface area contributed by atoms with E-state index >= 15 is 0 Å². The smallest absolute Gasteiger partial charge is 0.233 e. The molecule has 1 aromatic carbocycles. The molecule has 4 rings (SSSR count). The Morgan fingerprint density at radius 3 is 2.46 bits per heavy atom. The molecule has 28 heavy (non-hydrogen) atoms. The van der Waals surface area contributed by atoms with Crippen LogP contribution < -0.4 is 16.0 Å². The van der Waals surface area contributed by atoms with Crippen molar-refractivity contribution in [2.24, 2.45) is 0 Å². The van der Waals surface area contributed by atoms with E-state index in [1.807, 2.05) is 36.4 Å². The number of carbonyl (C=O) groups excluding carboxylic acids is 1. The van der Waals surface area contributed by atoms with Gasteiger partial charge in [0.05, 0.1) is 13.0 Å². The highest BCUT2D eigenvalue weighted by atomic mass is 35.5. The molecule has 0 spiro atoms. The molecule has 3 N–H and O–H groups in total. The van der Waals surface area contributed by atoms with Crippen LogP contribution in [0.3, 0.4) is 0 Å². The summed E-state index contributed by atoms with van der Waals surface area (Å²) in [6.07, 6.45) is 3.67. The molecule has 0 fully saturated rings. The maximum atomic E-state index is 12.6. The molecule has 3 aromatic rings. The lowest BCUT2D eigenvalue weighted by molar-refractivity contribution is -0.117. The highest BCUT2D eigenvalue weighted by Crippen LogP contribution is 2.32. The number of hydrogen-bond acceptors (Lipinski definition) is 6. The molecular weight excluding hydrogens is 376 g/mol. The van der Waals surface area contributed by atoms with Gasteiger partial charge >= 0.3 is 0 Å². The van der Waals surface area contributed by atoms with Crippen molar-refractivity contribution in [3.05, 3.63) is 71.0 Å². The van der Waals surface area contributed by atoms with Crippen molar-refractivity contribution < 1.29 is 4.79 Å². The summed E-state index contributed by atoms with van der Waals surface area (Å²) in [5, 5.41) is 3.16. The van der Waals surface area contributed by atoms with E-state index in [1.54, 1.807) is 17.3 Å². The van der Waals surface area contributed by atoms with Gasteiger partial charge in [-0.1, -0.05) is 24.3 Å². The first-order valence-electron chi connectivity index (χ1n) is 8.87. The minimum Gasteiger partial charge on any atom is -0.383 e. The number of aromatic nitrogens is 3. The summed E-state index contributed by atoms with van der Waals surface area (Å²) in [7, 11) is 0. The number of amides is 1. The topological polar surface area (TPSA) is 97.0 Å². The van der Waals surface area contributed by atoms with Gasteiger partial charge in [0.2, 0.25) is 11.9 Å². The van der Waals surface area contributed by atoms with Gasteiger partial charge in [-0.2, -0.15) is 9.97 Å². The van der Waals surface area contributed by atoms with E-state index in [0.29, 0.717) is 42.1 Å². The summed E-state index contributed by atoms with van der Waals surface area (Å²) >= 11 is 5.84. The highest BCUT2D eigenvalue weighted by molar-refractivity contribution is 6.17. The predicted molar refractivity (Wildman–Crippen MR) is 109 cm³/mol. The number of benzene rings is 1. The molecule has 142 valence electrons. The summed E-state index contributed by atoms with van der Waals surface area (Å²) < 4.78 is 0. The zero-order valence-electron chi connectivity index (χ0n) is 15.1. The van der Waals surface area contributed by atoms with E-state index in [1.165, 1.54) is 0 Å². The number of nitrogen functional groups attached to an aromatic ring is 1. The number of halogens is 1. The molecule has 3 heterocycles. The van der Waals surface area contributed by atoms with E-state index in [2.05, 4.69) is 20.3 Å². The first-order valence-corrected chi connectivity index (χ1v) is 9.41. The van der Waals surface area contributed by atoms with E-state index in [0.717, 1.165) is 16.7 Å². The molecule has 0 saturated carbocycles. The second-order valence-corrected chi connectivity index (χ2v) is 6.82. The van der Waals surface area contributed by atoms with Crippen molar-refractivity contribution in [3.63, 3.8) is 0 Å². The molecular formula is C20H19ClN6O. The van der Waals surface area contributed by atoms with Crippen LogP contribution in [0.25, 0.3) is 0 Å². The van der Waals surface area contributed by atoms with Gasteiger partial charge in [-0.15, -0.1) is 11.6 Å². The van der Waals surface area contributed by atoms with Gasteiger partial charge in [0.15, 0.2) is 0 Å². The van der Waals surface area contributed by atoms with Crippen molar-refractivity contribution in [2.75, 3.05) is 16.0 Å². The number of nitrogens with one attached hydrogen (secondary N) is 1. The summed E-state index contributed by atoms with van der Waals surface area (Å²) in [5.41, 5.74) is 9.86. The van der Waals surface area contributed by atoms with Crippen molar-refractivity contribution in [1.82, 2.24) is 15.0 Å². The van der Waals surface area contributed by atoms with Gasteiger partial charge in [-0.25, -0.2) is 0 Å². The Bertz CT molecular complexity index is 994. The minimum atomic E-state index is -0.0382. The fourth-order valence-corrected chi connectivity index (χ4v) is 3.26. The molecule has 7 nitrogen and oxygen atoms in total. The average molecular weight is 395 g/mol. The standard InChI is InChI=1S/C20H19ClN6O/c21-10-13-1-3-15(4-2-13)12-27-17(28)9-16-18(22)25-20(26-19(16)27)24-11-14-5-7-23-8-6-14/h1-8H,9-12H2,(H3,22,24,25,26). The SMILES string of the molecule is Nc1nc(NCc2ccncc2)nc2c1CC(=O)N2Cc1ccc(CCl)cc1. The monoisotopic (exact) mass is 394 g/mol. The van der Waals surface area contributed by atoms with Crippen LogP contribution in [0.2, 0.25) is 0 Å². The number of nitrogens with two attached hydrogens (primary N) is 1. The van der Waals surface area contributed by atoms with Gasteiger partial charge in [0.1, 0.15) is 11.6 Å². The number of pyridine rings is 1. The summed E-state index contributed by atoms with van der Waals surface area (Å²) in [4.78, 5) is 27.1. The first kappa shape index (κ1) is 18.2. The van der Waals surface area contributed by atoms with Crippen molar-refractivity contribution in [3.8, 4) is 0 Å². The van der Waals surface area contributed by atoms with Crippen LogP contribution in [0.1, 0.15) is 22.3 Å². The second-order valence-electron chi connectivity index (χ2n) is 6.55. The second kappa shape index (κ2) is 7.82. The highest BCUT2D eigenvalue weighted by Gasteiger charge is 2.32. The normalized spacial score (nSPS) is 12.9. The molecule has 2 aromatic heterocycles. The van der Waals surface area contributed by atoms with Crippen molar-refractivity contribution in [1.29, 1.82) is 0 Å². The third-order valence-electron chi connectivity index (χ3n) is 4.62. The Kier molecular flexibility index (Phi) is 5.08. The molecule has 8 heteroatoms. The van der Waals surface area contributed by atoms with Crippen LogP contribution in [0, 0.1) is 0 Å². The number of anilines is 3. The maximum absolute atomic E-state index is 12.6. The van der Waals surface area contributed by atoms with Gasteiger partial charge in [0.25, 0.3) is 0 Å². The first-order chi connectivity index (χ1) is 13.6. The Morgan fingerprint density at radius 1 is 1.04 bits per heavy atom. The molecule has 0 unspecified atom stereocenters. The summed E-state index contributed by atoms with van der Waals surface area (Å²) in [6.45, 7) is 0.962. The average Bonchev–Trinajstić information content (AvgIpc) is 3.04. The predicted octanol–water partition coefficient (Wildman–Crippen LogP) is 2.89. The van der Waals surface area contributed by atoms with Crippen LogP contribution in [0.5, 0.6) is 0 Å². The third-order valence-corrected chi connectivity index (χ3v) is 4.93. The fraction of sp³-hybridized carbons (Fsp3) is 0.200. The van der Waals surface area contributed by atoms with Crippen molar-refractivity contribution in [2.45, 2.75) is 25.4 Å². The number of hydrogen-bond donors (Lipinski definition) is 2. The Labute approximate surface area is 167 Å². The van der Waals surface area contributed by atoms with Crippen LogP contribution in [0.15, 0.2) is 48.8 Å². The van der Waals surface area contributed by atoms with E-state index in [-0.39, 0.29) is 12.3 Å². The third kappa shape index (κ3) is 3.75. The lowest BCUT2D eigenvalue weighted by Crippen LogP contribution is -2.26. The molecule has 0 atom stereocenters. The molecule has 1 aliphatic heterocycles. The van der Waals surface area contributed by atoms with Crippen molar-refractivity contribution >= 4 is 35.1 Å². The lowest BCUT2D eigenvalue weighted by atomic mass is 10.1. The van der Waals surface area contributed by atoms with Crippen LogP contribution >= 0.6 is 11.6 Å². The van der Waals surface area contributed by atoms with E-state index in [4.69, 9.17) is 17.3 Å². The largest absolute Gasteiger partial charge is 0.383 e.